The van der Waals surface area contributed by atoms with E-state index < -0.39 is 6.03 Å². The summed E-state index contributed by atoms with van der Waals surface area (Å²) < 4.78 is 13.9. The molecule has 7 heteroatoms. The normalized spacial score (nSPS) is 18.7. The number of benzene rings is 1. The minimum absolute atomic E-state index is 0.0108. The molecule has 0 radical (unpaired) electrons. The molecule has 1 heterocycles. The molecule has 0 aliphatic carbocycles. The van der Waals surface area contributed by atoms with Gasteiger partial charge in [-0.25, -0.2) is 9.18 Å². The maximum absolute atomic E-state index is 13.9. The minimum Gasteiger partial charge on any atom is -0.341 e. The van der Waals surface area contributed by atoms with Crippen molar-refractivity contribution in [3.8, 4) is 0 Å². The van der Waals surface area contributed by atoms with Crippen LogP contribution in [0.25, 0.3) is 0 Å². The molecule has 0 saturated carbocycles. The summed E-state index contributed by atoms with van der Waals surface area (Å²) in [5, 5.41) is 4.67. The van der Waals surface area contributed by atoms with Gasteiger partial charge >= 0.3 is 6.03 Å². The zero-order valence-electron chi connectivity index (χ0n) is 14.4. The summed E-state index contributed by atoms with van der Waals surface area (Å²) in [5.74, 6) is -0.504. The van der Waals surface area contributed by atoms with Crippen LogP contribution in [0.5, 0.6) is 0 Å². The maximum Gasteiger partial charge on any atom is 0.321 e. The zero-order chi connectivity index (χ0) is 17.7. The molecule has 6 nitrogen and oxygen atoms in total. The van der Waals surface area contributed by atoms with Gasteiger partial charge in [0.15, 0.2) is 0 Å². The highest BCUT2D eigenvalue weighted by molar-refractivity contribution is 5.96. The van der Waals surface area contributed by atoms with Crippen LogP contribution in [0.4, 0.5) is 9.18 Å². The van der Waals surface area contributed by atoms with E-state index in [0.717, 1.165) is 13.1 Å². The van der Waals surface area contributed by atoms with Gasteiger partial charge in [0.1, 0.15) is 5.82 Å². The van der Waals surface area contributed by atoms with Gasteiger partial charge in [0.25, 0.3) is 0 Å². The molecule has 0 spiro atoms. The average Bonchev–Trinajstić information content (AvgIpc) is 2.60. The van der Waals surface area contributed by atoms with Gasteiger partial charge in [0.05, 0.1) is 6.04 Å². The number of rotatable bonds is 4. The molecule has 1 fully saturated rings. The topological polar surface area (TPSA) is 64.7 Å². The Morgan fingerprint density at radius 1 is 1.08 bits per heavy atom. The van der Waals surface area contributed by atoms with Crippen molar-refractivity contribution in [1.29, 1.82) is 0 Å². The molecule has 2 rings (SSSR count). The summed E-state index contributed by atoms with van der Waals surface area (Å²) >= 11 is 0. The molecule has 2 atom stereocenters. The van der Waals surface area contributed by atoms with Crippen molar-refractivity contribution in [3.05, 3.63) is 35.6 Å². The van der Waals surface area contributed by atoms with E-state index in [4.69, 9.17) is 0 Å². The van der Waals surface area contributed by atoms with Crippen LogP contribution in [0.1, 0.15) is 25.5 Å². The fourth-order valence-electron chi connectivity index (χ4n) is 2.97. The molecule has 0 aromatic heterocycles. The fraction of sp³-hybridized carbons (Fsp3) is 0.529. The summed E-state index contributed by atoms with van der Waals surface area (Å²) in [6, 6.07) is 5.93. The lowest BCUT2D eigenvalue weighted by Gasteiger charge is -2.40. The Kier molecular flexibility index (Phi) is 6.28. The first-order valence-electron chi connectivity index (χ1n) is 8.19. The second kappa shape index (κ2) is 8.21. The first kappa shape index (κ1) is 18.4. The van der Waals surface area contributed by atoms with E-state index in [1.807, 2.05) is 24.0 Å². The van der Waals surface area contributed by atoms with Gasteiger partial charge in [-0.3, -0.25) is 19.9 Å². The zero-order valence-corrected chi connectivity index (χ0v) is 14.4. The van der Waals surface area contributed by atoms with Crippen LogP contribution >= 0.6 is 0 Å². The lowest BCUT2D eigenvalue weighted by Crippen LogP contribution is -2.55. The fourth-order valence-corrected chi connectivity index (χ4v) is 2.97. The molecule has 1 aliphatic rings. The summed E-state index contributed by atoms with van der Waals surface area (Å²) in [5.41, 5.74) is 0.691. The highest BCUT2D eigenvalue weighted by Gasteiger charge is 2.29. The van der Waals surface area contributed by atoms with Crippen molar-refractivity contribution in [2.75, 3.05) is 33.2 Å². The predicted octanol–water partition coefficient (Wildman–Crippen LogP) is 1.35. The van der Waals surface area contributed by atoms with Gasteiger partial charge in [-0.1, -0.05) is 18.2 Å². The number of hydrogen-bond donors (Lipinski definition) is 2. The van der Waals surface area contributed by atoms with E-state index in [9.17, 15) is 14.0 Å². The first-order valence-corrected chi connectivity index (χ1v) is 8.19. The number of nitrogens with one attached hydrogen (secondary N) is 2. The van der Waals surface area contributed by atoms with Crippen molar-refractivity contribution >= 4 is 11.9 Å². The molecule has 1 saturated heterocycles. The number of imide groups is 1. The van der Waals surface area contributed by atoms with E-state index in [0.29, 0.717) is 18.7 Å². The Bertz CT molecular complexity index is 588. The summed E-state index contributed by atoms with van der Waals surface area (Å²) in [6.45, 7) is 6.66. The first-order chi connectivity index (χ1) is 11.4. The van der Waals surface area contributed by atoms with Crippen molar-refractivity contribution in [3.63, 3.8) is 0 Å². The van der Waals surface area contributed by atoms with Gasteiger partial charge < -0.3 is 5.32 Å². The largest absolute Gasteiger partial charge is 0.341 e. The van der Waals surface area contributed by atoms with E-state index in [1.165, 1.54) is 13.1 Å². The summed E-state index contributed by atoms with van der Waals surface area (Å²) in [6.07, 6.45) is 0. The molecule has 0 bridgehead atoms. The Hall–Kier alpha value is -1.99. The second-order valence-electron chi connectivity index (χ2n) is 6.01. The smallest absolute Gasteiger partial charge is 0.321 e. The van der Waals surface area contributed by atoms with Crippen molar-refractivity contribution in [1.82, 2.24) is 20.4 Å². The standard InChI is InChI=1S/C17H25FN4O2/c1-12(14-6-4-5-7-15(14)18)21-8-10-22(11-9-21)13(2)16(23)20-17(24)19-3/h4-7,12-13H,8-11H2,1-3H3,(H2,19,20,23,24)/t12-,13-/m0/s1. The van der Waals surface area contributed by atoms with Crippen LogP contribution < -0.4 is 10.6 Å². The van der Waals surface area contributed by atoms with Crippen LogP contribution in [-0.2, 0) is 4.79 Å². The Labute approximate surface area is 142 Å². The van der Waals surface area contributed by atoms with Crippen molar-refractivity contribution in [2.45, 2.75) is 25.9 Å². The van der Waals surface area contributed by atoms with Gasteiger partial charge in [-0.15, -0.1) is 0 Å². The number of halogens is 1. The maximum atomic E-state index is 13.9. The lowest BCUT2D eigenvalue weighted by atomic mass is 10.1. The summed E-state index contributed by atoms with van der Waals surface area (Å²) in [7, 11) is 1.47. The van der Waals surface area contributed by atoms with Gasteiger partial charge in [0.2, 0.25) is 5.91 Å². The van der Waals surface area contributed by atoms with Crippen LogP contribution in [0, 0.1) is 5.82 Å². The minimum atomic E-state index is -0.501. The molecule has 3 amide bonds. The molecule has 1 aromatic carbocycles. The monoisotopic (exact) mass is 336 g/mol. The quantitative estimate of drug-likeness (QED) is 0.871. The van der Waals surface area contributed by atoms with Crippen LogP contribution in [0.2, 0.25) is 0 Å². The number of urea groups is 1. The molecule has 0 unspecified atom stereocenters. The highest BCUT2D eigenvalue weighted by atomic mass is 19.1. The lowest BCUT2D eigenvalue weighted by molar-refractivity contribution is -0.125. The number of piperazine rings is 1. The molecule has 24 heavy (non-hydrogen) atoms. The predicted molar refractivity (Wildman–Crippen MR) is 90.0 cm³/mol. The van der Waals surface area contributed by atoms with Gasteiger partial charge in [0, 0.05) is 44.8 Å². The van der Waals surface area contributed by atoms with E-state index in [2.05, 4.69) is 15.5 Å². The molecular weight excluding hydrogens is 311 g/mol. The van der Waals surface area contributed by atoms with Crippen LogP contribution in [0.3, 0.4) is 0 Å². The Morgan fingerprint density at radius 3 is 2.25 bits per heavy atom. The molecule has 1 aromatic rings. The van der Waals surface area contributed by atoms with Crippen molar-refractivity contribution < 1.29 is 14.0 Å². The van der Waals surface area contributed by atoms with Gasteiger partial charge in [-0.2, -0.15) is 0 Å². The SMILES string of the molecule is CNC(=O)NC(=O)[C@H](C)N1CCN([C@@H](C)c2ccccc2F)CC1. The Balaban J connectivity index is 1.90. The highest BCUT2D eigenvalue weighted by Crippen LogP contribution is 2.24. The Morgan fingerprint density at radius 2 is 1.67 bits per heavy atom. The van der Waals surface area contributed by atoms with E-state index >= 15 is 0 Å². The third-order valence-corrected chi connectivity index (χ3v) is 4.64. The van der Waals surface area contributed by atoms with Crippen molar-refractivity contribution in [2.24, 2.45) is 0 Å². The van der Waals surface area contributed by atoms with E-state index in [1.54, 1.807) is 13.0 Å². The van der Waals surface area contributed by atoms with Crippen LogP contribution in [0.15, 0.2) is 24.3 Å². The van der Waals surface area contributed by atoms with Crippen LogP contribution in [-0.4, -0.2) is 61.0 Å². The molecule has 2 N–H and O–H groups in total. The molecular formula is C17H25FN4O2. The molecule has 132 valence electrons. The number of nitrogens with zero attached hydrogens (tertiary/aromatic N) is 2. The second-order valence-corrected chi connectivity index (χ2v) is 6.01. The number of carbonyl (C=O) groups excluding carboxylic acids is 2. The third kappa shape index (κ3) is 4.30. The van der Waals surface area contributed by atoms with E-state index in [-0.39, 0.29) is 23.8 Å². The van der Waals surface area contributed by atoms with Gasteiger partial charge in [-0.05, 0) is 19.9 Å². The third-order valence-electron chi connectivity index (χ3n) is 4.64. The average molecular weight is 336 g/mol. The molecule has 1 aliphatic heterocycles. The number of carbonyl (C=O) groups is 2. The summed E-state index contributed by atoms with van der Waals surface area (Å²) in [4.78, 5) is 27.5. The number of amides is 3. The number of hydrogen-bond acceptors (Lipinski definition) is 4.